The van der Waals surface area contributed by atoms with Crippen molar-refractivity contribution < 1.29 is 18.3 Å². The number of nitrogens with zero attached hydrogens (tertiary/aromatic N) is 1. The lowest BCUT2D eigenvalue weighted by molar-refractivity contribution is -0.0275. The van der Waals surface area contributed by atoms with Gasteiger partial charge in [0.2, 0.25) is 0 Å². The average Bonchev–Trinajstić information content (AvgIpc) is 2.04. The fourth-order valence-corrected chi connectivity index (χ4v) is 0.897. The number of halogens is 3. The van der Waals surface area contributed by atoms with Crippen molar-refractivity contribution >= 4 is 0 Å². The van der Waals surface area contributed by atoms with Crippen LogP contribution >= 0.6 is 0 Å². The van der Waals surface area contributed by atoms with Crippen molar-refractivity contribution in [1.29, 1.82) is 0 Å². The molecule has 0 atom stereocenters. The SMILES string of the molecule is OCCC(F)(F)c1cncc(F)c1. The summed E-state index contributed by atoms with van der Waals surface area (Å²) >= 11 is 0. The van der Waals surface area contributed by atoms with Crippen LogP contribution in [0.5, 0.6) is 0 Å². The van der Waals surface area contributed by atoms with E-state index in [4.69, 9.17) is 5.11 Å². The van der Waals surface area contributed by atoms with Gasteiger partial charge >= 0.3 is 0 Å². The van der Waals surface area contributed by atoms with Crippen LogP contribution in [0.3, 0.4) is 0 Å². The first kappa shape index (κ1) is 9.98. The standard InChI is InChI=1S/C8H8F3NO/c9-7-3-6(4-12-5-7)8(10,11)1-2-13/h3-5,13H,1-2H2. The first-order valence-electron chi connectivity index (χ1n) is 3.66. The Labute approximate surface area is 73.0 Å². The van der Waals surface area contributed by atoms with Gasteiger partial charge in [-0.05, 0) is 6.07 Å². The van der Waals surface area contributed by atoms with Gasteiger partial charge in [-0.1, -0.05) is 0 Å². The highest BCUT2D eigenvalue weighted by atomic mass is 19.3. The van der Waals surface area contributed by atoms with Crippen LogP contribution in [0.4, 0.5) is 13.2 Å². The minimum Gasteiger partial charge on any atom is -0.396 e. The van der Waals surface area contributed by atoms with Crippen molar-refractivity contribution in [2.75, 3.05) is 6.61 Å². The summed E-state index contributed by atoms with van der Waals surface area (Å²) in [5, 5.41) is 8.34. The van der Waals surface area contributed by atoms with Gasteiger partial charge in [0.25, 0.3) is 5.92 Å². The molecule has 0 aromatic carbocycles. The Morgan fingerprint density at radius 2 is 2.08 bits per heavy atom. The largest absolute Gasteiger partial charge is 0.396 e. The molecule has 1 rings (SSSR count). The maximum absolute atomic E-state index is 13.0. The zero-order chi connectivity index (χ0) is 9.90. The molecule has 1 N–H and O–H groups in total. The molecule has 2 nitrogen and oxygen atoms in total. The first-order valence-corrected chi connectivity index (χ1v) is 3.66. The summed E-state index contributed by atoms with van der Waals surface area (Å²) in [6.45, 7) is -0.649. The molecule has 0 saturated heterocycles. The second kappa shape index (κ2) is 3.74. The maximum Gasteiger partial charge on any atom is 0.277 e. The summed E-state index contributed by atoms with van der Waals surface area (Å²) < 4.78 is 38.4. The molecule has 0 amide bonds. The lowest BCUT2D eigenvalue weighted by Crippen LogP contribution is -2.15. The molecule has 0 saturated carbocycles. The molecule has 0 spiro atoms. The molecule has 1 aromatic rings. The Balaban J connectivity index is 2.93. The molecule has 0 aliphatic carbocycles. The number of aliphatic hydroxyl groups is 1. The highest BCUT2D eigenvalue weighted by Gasteiger charge is 2.31. The molecular weight excluding hydrogens is 183 g/mol. The molecular formula is C8H8F3NO. The molecule has 13 heavy (non-hydrogen) atoms. The van der Waals surface area contributed by atoms with Crippen molar-refractivity contribution in [3.8, 4) is 0 Å². The minimum atomic E-state index is -3.22. The number of rotatable bonds is 3. The zero-order valence-corrected chi connectivity index (χ0v) is 6.67. The highest BCUT2D eigenvalue weighted by molar-refractivity contribution is 5.16. The quantitative estimate of drug-likeness (QED) is 0.788. The van der Waals surface area contributed by atoms with Crippen LogP contribution in [-0.4, -0.2) is 16.7 Å². The predicted molar refractivity (Wildman–Crippen MR) is 39.8 cm³/mol. The van der Waals surface area contributed by atoms with Crippen LogP contribution in [0.2, 0.25) is 0 Å². The number of alkyl halides is 2. The second-order valence-corrected chi connectivity index (χ2v) is 2.57. The lowest BCUT2D eigenvalue weighted by Gasteiger charge is -2.14. The summed E-state index contributed by atoms with van der Waals surface area (Å²) in [5.41, 5.74) is -0.512. The fraction of sp³-hybridized carbons (Fsp3) is 0.375. The third-order valence-corrected chi connectivity index (χ3v) is 1.55. The first-order chi connectivity index (χ1) is 6.06. The van der Waals surface area contributed by atoms with Crippen LogP contribution in [-0.2, 0) is 5.92 Å². The normalized spacial score (nSPS) is 11.7. The van der Waals surface area contributed by atoms with Crippen molar-refractivity contribution in [2.45, 2.75) is 12.3 Å². The van der Waals surface area contributed by atoms with E-state index in [0.29, 0.717) is 6.07 Å². The van der Waals surface area contributed by atoms with E-state index in [9.17, 15) is 13.2 Å². The number of aromatic nitrogens is 1. The predicted octanol–water partition coefficient (Wildman–Crippen LogP) is 1.69. The Bertz CT molecular complexity index is 290. The van der Waals surface area contributed by atoms with Gasteiger partial charge in [0.15, 0.2) is 0 Å². The van der Waals surface area contributed by atoms with E-state index in [1.807, 2.05) is 0 Å². The molecule has 5 heteroatoms. The van der Waals surface area contributed by atoms with Gasteiger partial charge < -0.3 is 5.11 Å². The molecule has 0 radical (unpaired) electrons. The summed E-state index contributed by atoms with van der Waals surface area (Å²) in [4.78, 5) is 3.30. The van der Waals surface area contributed by atoms with Gasteiger partial charge in [-0.15, -0.1) is 0 Å². The average molecular weight is 191 g/mol. The van der Waals surface area contributed by atoms with Crippen LogP contribution in [0.1, 0.15) is 12.0 Å². The minimum absolute atomic E-state index is 0.512. The number of aliphatic hydroxyl groups excluding tert-OH is 1. The van der Waals surface area contributed by atoms with Gasteiger partial charge in [-0.2, -0.15) is 0 Å². The molecule has 0 unspecified atom stereocenters. The van der Waals surface area contributed by atoms with Gasteiger partial charge in [0.05, 0.1) is 6.20 Å². The topological polar surface area (TPSA) is 33.1 Å². The second-order valence-electron chi connectivity index (χ2n) is 2.57. The van der Waals surface area contributed by atoms with E-state index in [-0.39, 0.29) is 0 Å². The fourth-order valence-electron chi connectivity index (χ4n) is 0.897. The van der Waals surface area contributed by atoms with Gasteiger partial charge in [0.1, 0.15) is 5.82 Å². The van der Waals surface area contributed by atoms with Gasteiger partial charge in [0, 0.05) is 24.8 Å². The molecule has 0 fully saturated rings. The van der Waals surface area contributed by atoms with Crippen LogP contribution in [0, 0.1) is 5.82 Å². The monoisotopic (exact) mass is 191 g/mol. The third-order valence-electron chi connectivity index (χ3n) is 1.55. The smallest absolute Gasteiger partial charge is 0.277 e. The van der Waals surface area contributed by atoms with Crippen LogP contribution in [0.15, 0.2) is 18.5 Å². The number of hydrogen-bond donors (Lipinski definition) is 1. The molecule has 0 bridgehead atoms. The van der Waals surface area contributed by atoms with E-state index in [2.05, 4.69) is 4.98 Å². The number of hydrogen-bond acceptors (Lipinski definition) is 2. The van der Waals surface area contributed by atoms with E-state index < -0.39 is 30.3 Å². The summed E-state index contributed by atoms with van der Waals surface area (Å²) in [5.74, 6) is -4.03. The van der Waals surface area contributed by atoms with E-state index in [0.717, 1.165) is 12.4 Å². The van der Waals surface area contributed by atoms with Crippen molar-refractivity contribution in [2.24, 2.45) is 0 Å². The molecule has 0 aliphatic heterocycles. The molecule has 72 valence electrons. The van der Waals surface area contributed by atoms with Crippen molar-refractivity contribution in [3.05, 3.63) is 29.8 Å². The maximum atomic E-state index is 13.0. The van der Waals surface area contributed by atoms with Gasteiger partial charge in [-0.25, -0.2) is 13.2 Å². The van der Waals surface area contributed by atoms with E-state index in [1.165, 1.54) is 0 Å². The van der Waals surface area contributed by atoms with Gasteiger partial charge in [-0.3, -0.25) is 4.98 Å². The zero-order valence-electron chi connectivity index (χ0n) is 6.67. The molecule has 1 aromatic heterocycles. The van der Waals surface area contributed by atoms with Crippen molar-refractivity contribution in [1.82, 2.24) is 4.98 Å². The Morgan fingerprint density at radius 1 is 1.38 bits per heavy atom. The molecule has 1 heterocycles. The highest BCUT2D eigenvalue weighted by Crippen LogP contribution is 2.30. The summed E-state index contributed by atoms with van der Waals surface area (Å²) in [6.07, 6.45) is 1.01. The lowest BCUT2D eigenvalue weighted by atomic mass is 10.1. The van der Waals surface area contributed by atoms with E-state index in [1.54, 1.807) is 0 Å². The Hall–Kier alpha value is -1.10. The Kier molecular flexibility index (Phi) is 2.87. The third kappa shape index (κ3) is 2.42. The number of pyridine rings is 1. The Morgan fingerprint density at radius 3 is 2.62 bits per heavy atom. The summed E-state index contributed by atoms with van der Waals surface area (Å²) in [7, 11) is 0. The van der Waals surface area contributed by atoms with E-state index >= 15 is 0 Å². The van der Waals surface area contributed by atoms with Crippen molar-refractivity contribution in [3.63, 3.8) is 0 Å². The summed E-state index contributed by atoms with van der Waals surface area (Å²) in [6, 6.07) is 0.711. The van der Waals surface area contributed by atoms with Crippen LogP contribution < -0.4 is 0 Å². The molecule has 0 aliphatic rings. The van der Waals surface area contributed by atoms with Crippen LogP contribution in [0.25, 0.3) is 0 Å².